The fraction of sp³-hybridized carbons (Fsp3) is 0.450. The monoisotopic (exact) mass is 384 g/mol. The predicted octanol–water partition coefficient (Wildman–Crippen LogP) is 1.85. The van der Waals surface area contributed by atoms with Crippen LogP contribution in [0, 0.1) is 5.92 Å². The first-order chi connectivity index (χ1) is 13.4. The van der Waals surface area contributed by atoms with Gasteiger partial charge in [-0.25, -0.2) is 0 Å². The topological polar surface area (TPSA) is 96.6 Å². The lowest BCUT2D eigenvalue weighted by Gasteiger charge is -2.32. The van der Waals surface area contributed by atoms with Crippen molar-refractivity contribution in [1.82, 2.24) is 20.4 Å². The minimum atomic E-state index is -0.528. The number of carbonyl (C=O) groups is 2. The van der Waals surface area contributed by atoms with Crippen molar-refractivity contribution in [3.05, 3.63) is 29.5 Å². The SMILES string of the molecule is CC(=O)NC(C(=O)N1CCc2[nH]nc(-c3ccc4c(c3)OCO4)c2C1)C(C)C. The Morgan fingerprint density at radius 2 is 2.04 bits per heavy atom. The first kappa shape index (κ1) is 18.3. The van der Waals surface area contributed by atoms with Crippen LogP contribution < -0.4 is 14.8 Å². The summed E-state index contributed by atoms with van der Waals surface area (Å²) in [7, 11) is 0. The van der Waals surface area contributed by atoms with Crippen molar-refractivity contribution in [1.29, 1.82) is 0 Å². The molecule has 0 radical (unpaired) electrons. The van der Waals surface area contributed by atoms with Gasteiger partial charge in [-0.15, -0.1) is 0 Å². The molecule has 2 aliphatic rings. The predicted molar refractivity (Wildman–Crippen MR) is 102 cm³/mol. The van der Waals surface area contributed by atoms with E-state index in [1.807, 2.05) is 32.0 Å². The van der Waals surface area contributed by atoms with Crippen LogP contribution in [0.5, 0.6) is 11.5 Å². The lowest BCUT2D eigenvalue weighted by atomic mass is 9.98. The number of hydrogen-bond acceptors (Lipinski definition) is 5. The summed E-state index contributed by atoms with van der Waals surface area (Å²) in [5, 5.41) is 10.4. The number of nitrogens with one attached hydrogen (secondary N) is 2. The maximum absolute atomic E-state index is 13.1. The van der Waals surface area contributed by atoms with Crippen molar-refractivity contribution in [2.75, 3.05) is 13.3 Å². The van der Waals surface area contributed by atoms with E-state index in [1.54, 1.807) is 4.90 Å². The minimum Gasteiger partial charge on any atom is -0.454 e. The molecule has 2 N–H and O–H groups in total. The zero-order valence-electron chi connectivity index (χ0n) is 16.2. The van der Waals surface area contributed by atoms with Gasteiger partial charge >= 0.3 is 0 Å². The lowest BCUT2D eigenvalue weighted by molar-refractivity contribution is -0.138. The highest BCUT2D eigenvalue weighted by Crippen LogP contribution is 2.37. The van der Waals surface area contributed by atoms with Gasteiger partial charge < -0.3 is 19.7 Å². The van der Waals surface area contributed by atoms with Gasteiger partial charge in [0.25, 0.3) is 0 Å². The second-order valence-corrected chi connectivity index (χ2v) is 7.53. The fourth-order valence-corrected chi connectivity index (χ4v) is 3.70. The van der Waals surface area contributed by atoms with Crippen molar-refractivity contribution < 1.29 is 19.1 Å². The molecule has 2 aliphatic heterocycles. The number of aromatic nitrogens is 2. The molecule has 0 aliphatic carbocycles. The van der Waals surface area contributed by atoms with Gasteiger partial charge in [0.05, 0.1) is 5.69 Å². The third-order valence-electron chi connectivity index (χ3n) is 5.18. The van der Waals surface area contributed by atoms with Crippen molar-refractivity contribution >= 4 is 11.8 Å². The average Bonchev–Trinajstić information content (AvgIpc) is 3.30. The molecule has 148 valence electrons. The maximum Gasteiger partial charge on any atom is 0.245 e. The number of amides is 2. The molecule has 3 heterocycles. The third kappa shape index (κ3) is 3.30. The van der Waals surface area contributed by atoms with Crippen molar-refractivity contribution in [3.63, 3.8) is 0 Å². The van der Waals surface area contributed by atoms with E-state index in [-0.39, 0.29) is 24.5 Å². The molecule has 1 atom stereocenters. The zero-order chi connectivity index (χ0) is 19.8. The summed E-state index contributed by atoms with van der Waals surface area (Å²) in [6.07, 6.45) is 0.698. The number of ether oxygens (including phenoxy) is 2. The lowest BCUT2D eigenvalue weighted by Crippen LogP contribution is -2.51. The van der Waals surface area contributed by atoms with Crippen LogP contribution in [0.25, 0.3) is 11.3 Å². The molecule has 8 heteroatoms. The fourth-order valence-electron chi connectivity index (χ4n) is 3.70. The molecule has 0 spiro atoms. The Labute approximate surface area is 163 Å². The number of aromatic amines is 1. The highest BCUT2D eigenvalue weighted by atomic mass is 16.7. The zero-order valence-corrected chi connectivity index (χ0v) is 16.2. The van der Waals surface area contributed by atoms with Gasteiger partial charge in [0.2, 0.25) is 18.6 Å². The highest BCUT2D eigenvalue weighted by molar-refractivity contribution is 5.87. The molecular weight excluding hydrogens is 360 g/mol. The summed E-state index contributed by atoms with van der Waals surface area (Å²) in [6.45, 7) is 6.58. The van der Waals surface area contributed by atoms with Crippen LogP contribution in [0.3, 0.4) is 0 Å². The number of carbonyl (C=O) groups excluding carboxylic acids is 2. The quantitative estimate of drug-likeness (QED) is 0.839. The number of nitrogens with zero attached hydrogens (tertiary/aromatic N) is 2. The summed E-state index contributed by atoms with van der Waals surface area (Å²) < 4.78 is 10.8. The van der Waals surface area contributed by atoms with E-state index >= 15 is 0 Å². The molecule has 1 unspecified atom stereocenters. The number of fused-ring (bicyclic) bond motifs is 2. The van der Waals surface area contributed by atoms with Crippen molar-refractivity contribution in [2.45, 2.75) is 39.8 Å². The molecule has 0 saturated heterocycles. The molecule has 28 heavy (non-hydrogen) atoms. The first-order valence-electron chi connectivity index (χ1n) is 9.46. The Kier molecular flexibility index (Phi) is 4.70. The van der Waals surface area contributed by atoms with Gasteiger partial charge in [-0.1, -0.05) is 13.8 Å². The van der Waals surface area contributed by atoms with Gasteiger partial charge in [0.1, 0.15) is 6.04 Å². The summed E-state index contributed by atoms with van der Waals surface area (Å²) in [5.41, 5.74) is 3.77. The molecule has 8 nitrogen and oxygen atoms in total. The van der Waals surface area contributed by atoms with Crippen LogP contribution in [0.4, 0.5) is 0 Å². The van der Waals surface area contributed by atoms with Crippen molar-refractivity contribution in [2.24, 2.45) is 5.92 Å². The van der Waals surface area contributed by atoms with E-state index in [0.717, 1.165) is 28.3 Å². The molecule has 4 rings (SSSR count). The Bertz CT molecular complexity index is 921. The summed E-state index contributed by atoms with van der Waals surface area (Å²) >= 11 is 0. The van der Waals surface area contributed by atoms with Crippen LogP contribution in [-0.4, -0.2) is 46.3 Å². The molecule has 1 aromatic carbocycles. The molecule has 2 amide bonds. The van der Waals surface area contributed by atoms with Gasteiger partial charge in [-0.2, -0.15) is 5.10 Å². The molecular formula is C20H24N4O4. The number of rotatable bonds is 4. The summed E-state index contributed by atoms with van der Waals surface area (Å²) in [6, 6.07) is 5.20. The van der Waals surface area contributed by atoms with Crippen LogP contribution in [0.1, 0.15) is 32.0 Å². The Morgan fingerprint density at radius 1 is 1.25 bits per heavy atom. The van der Waals surface area contributed by atoms with Gasteiger partial charge in [-0.3, -0.25) is 14.7 Å². The second kappa shape index (κ2) is 7.18. The molecule has 0 bridgehead atoms. The normalized spacial score (nSPS) is 16.1. The van der Waals surface area contributed by atoms with E-state index in [1.165, 1.54) is 6.92 Å². The van der Waals surface area contributed by atoms with Crippen LogP contribution in [0.2, 0.25) is 0 Å². The Hall–Kier alpha value is -3.03. The van der Waals surface area contributed by atoms with E-state index in [4.69, 9.17) is 9.47 Å². The standard InChI is InChI=1S/C20H24N4O4/c1-11(2)18(21-12(3)25)20(26)24-7-6-15-14(9-24)19(23-22-15)13-4-5-16-17(8-13)28-10-27-16/h4-5,8,11,18H,6-7,9-10H2,1-3H3,(H,21,25)(H,22,23). The van der Waals surface area contributed by atoms with Crippen LogP contribution in [0.15, 0.2) is 18.2 Å². The van der Waals surface area contributed by atoms with E-state index in [0.29, 0.717) is 25.3 Å². The number of hydrogen-bond donors (Lipinski definition) is 2. The third-order valence-corrected chi connectivity index (χ3v) is 5.18. The number of benzene rings is 1. The number of H-pyrrole nitrogens is 1. The van der Waals surface area contributed by atoms with E-state index in [2.05, 4.69) is 15.5 Å². The first-order valence-corrected chi connectivity index (χ1v) is 9.46. The van der Waals surface area contributed by atoms with Crippen LogP contribution >= 0.6 is 0 Å². The molecule has 2 aromatic rings. The highest BCUT2D eigenvalue weighted by Gasteiger charge is 2.32. The largest absolute Gasteiger partial charge is 0.454 e. The molecule has 0 saturated carbocycles. The summed E-state index contributed by atoms with van der Waals surface area (Å²) in [4.78, 5) is 26.4. The molecule has 1 aromatic heterocycles. The van der Waals surface area contributed by atoms with Crippen molar-refractivity contribution in [3.8, 4) is 22.8 Å². The van der Waals surface area contributed by atoms with E-state index < -0.39 is 6.04 Å². The summed E-state index contributed by atoms with van der Waals surface area (Å²) in [5.74, 6) is 1.17. The Balaban J connectivity index is 1.59. The van der Waals surface area contributed by atoms with Gasteiger partial charge in [-0.05, 0) is 24.1 Å². The molecule has 0 fully saturated rings. The van der Waals surface area contributed by atoms with Gasteiger partial charge in [0.15, 0.2) is 11.5 Å². The van der Waals surface area contributed by atoms with E-state index in [9.17, 15) is 9.59 Å². The smallest absolute Gasteiger partial charge is 0.245 e. The Morgan fingerprint density at radius 3 is 2.79 bits per heavy atom. The van der Waals surface area contributed by atoms with Crippen LogP contribution in [-0.2, 0) is 22.6 Å². The second-order valence-electron chi connectivity index (χ2n) is 7.53. The maximum atomic E-state index is 13.1. The minimum absolute atomic E-state index is 0.00970. The van der Waals surface area contributed by atoms with Gasteiger partial charge in [0, 0.05) is 43.3 Å². The average molecular weight is 384 g/mol.